The maximum Gasteiger partial charge on any atom is 0.416 e. The highest BCUT2D eigenvalue weighted by molar-refractivity contribution is 6.07. The number of benzene rings is 1. The molecule has 3 amide bonds. The van der Waals surface area contributed by atoms with E-state index in [1.807, 2.05) is 5.32 Å². The Bertz CT molecular complexity index is 620. The first-order chi connectivity index (χ1) is 9.84. The third kappa shape index (κ3) is 2.72. The molecule has 1 heterocycles. The number of rotatable bonds is 1. The van der Waals surface area contributed by atoms with E-state index in [2.05, 4.69) is 0 Å². The lowest BCUT2D eigenvalue weighted by Crippen LogP contribution is -2.41. The van der Waals surface area contributed by atoms with Gasteiger partial charge < -0.3 is 5.32 Å². The average Bonchev–Trinajstić information content (AvgIpc) is 2.61. The van der Waals surface area contributed by atoms with Crippen LogP contribution in [0.2, 0.25) is 0 Å². The molecule has 2 rings (SSSR count). The average molecular weight is 326 g/mol. The van der Waals surface area contributed by atoms with Crippen molar-refractivity contribution in [2.75, 3.05) is 0 Å². The molecule has 1 saturated heterocycles. The van der Waals surface area contributed by atoms with Gasteiger partial charge in [0.15, 0.2) is 0 Å². The first-order valence-corrected chi connectivity index (χ1v) is 5.77. The van der Waals surface area contributed by atoms with Gasteiger partial charge in [0, 0.05) is 0 Å². The lowest BCUT2D eigenvalue weighted by Gasteiger charge is -2.23. The molecule has 0 aliphatic carbocycles. The summed E-state index contributed by atoms with van der Waals surface area (Å²) >= 11 is 0. The predicted molar refractivity (Wildman–Crippen MR) is 60.5 cm³/mol. The van der Waals surface area contributed by atoms with E-state index in [4.69, 9.17) is 0 Å². The van der Waals surface area contributed by atoms with Crippen molar-refractivity contribution in [1.82, 2.24) is 10.6 Å². The minimum absolute atomic E-state index is 0.0540. The van der Waals surface area contributed by atoms with E-state index in [0.29, 0.717) is 12.1 Å². The second-order valence-corrected chi connectivity index (χ2v) is 4.83. The summed E-state index contributed by atoms with van der Waals surface area (Å²) in [6, 6.07) is -0.249. The van der Waals surface area contributed by atoms with E-state index in [-0.39, 0.29) is 6.07 Å². The third-order valence-corrected chi connectivity index (χ3v) is 3.21. The van der Waals surface area contributed by atoms with Crippen LogP contribution in [0.25, 0.3) is 0 Å². The zero-order valence-corrected chi connectivity index (χ0v) is 10.8. The molecule has 1 aromatic carbocycles. The van der Waals surface area contributed by atoms with Gasteiger partial charge >= 0.3 is 18.4 Å². The Kier molecular flexibility index (Phi) is 3.38. The number of hydrogen-bond donors (Lipinski definition) is 2. The fourth-order valence-corrected chi connectivity index (χ4v) is 1.99. The minimum Gasteiger partial charge on any atom is -0.320 e. The van der Waals surface area contributed by atoms with Crippen LogP contribution < -0.4 is 10.6 Å². The first-order valence-electron chi connectivity index (χ1n) is 5.77. The molecule has 1 unspecified atom stereocenters. The van der Waals surface area contributed by atoms with E-state index in [1.54, 1.807) is 5.32 Å². The summed E-state index contributed by atoms with van der Waals surface area (Å²) in [5, 5.41) is 3.79. The molecule has 1 atom stereocenters. The molecule has 1 aliphatic rings. The van der Waals surface area contributed by atoms with Gasteiger partial charge in [0.25, 0.3) is 5.91 Å². The van der Waals surface area contributed by atoms with Crippen LogP contribution in [-0.2, 0) is 22.7 Å². The summed E-state index contributed by atoms with van der Waals surface area (Å²) in [4.78, 5) is 22.8. The molecule has 0 saturated carbocycles. The van der Waals surface area contributed by atoms with Crippen LogP contribution in [-0.4, -0.2) is 11.9 Å². The molecule has 1 fully saturated rings. The smallest absolute Gasteiger partial charge is 0.320 e. The van der Waals surface area contributed by atoms with Gasteiger partial charge in [-0.2, -0.15) is 26.3 Å². The van der Waals surface area contributed by atoms with E-state index in [0.717, 1.165) is 6.92 Å². The fraction of sp³-hybridized carbons (Fsp3) is 0.333. The van der Waals surface area contributed by atoms with Crippen molar-refractivity contribution in [2.24, 2.45) is 0 Å². The molecule has 0 radical (unpaired) electrons. The number of imide groups is 1. The van der Waals surface area contributed by atoms with Crippen LogP contribution in [0.15, 0.2) is 18.2 Å². The molecule has 10 heteroatoms. The number of urea groups is 1. The summed E-state index contributed by atoms with van der Waals surface area (Å²) in [6.07, 6.45) is -10.1. The lowest BCUT2D eigenvalue weighted by molar-refractivity contribution is -0.143. The Morgan fingerprint density at radius 2 is 1.36 bits per heavy atom. The Hall–Kier alpha value is -2.26. The van der Waals surface area contributed by atoms with Gasteiger partial charge in [0.1, 0.15) is 5.54 Å². The van der Waals surface area contributed by atoms with Crippen molar-refractivity contribution >= 4 is 11.9 Å². The molecule has 0 bridgehead atoms. The number of hydrogen-bond acceptors (Lipinski definition) is 2. The molecule has 120 valence electrons. The molecule has 22 heavy (non-hydrogen) atoms. The van der Waals surface area contributed by atoms with Crippen LogP contribution in [0.4, 0.5) is 31.1 Å². The number of amides is 3. The minimum atomic E-state index is -5.04. The fourth-order valence-electron chi connectivity index (χ4n) is 1.99. The topological polar surface area (TPSA) is 58.2 Å². The van der Waals surface area contributed by atoms with Gasteiger partial charge in [-0.15, -0.1) is 0 Å². The maximum atomic E-state index is 12.8. The van der Waals surface area contributed by atoms with E-state index < -0.39 is 46.5 Å². The zero-order chi connectivity index (χ0) is 16.9. The molecule has 4 nitrogen and oxygen atoms in total. The molecule has 0 spiro atoms. The second-order valence-electron chi connectivity index (χ2n) is 4.83. The molecule has 2 N–H and O–H groups in total. The highest BCUT2D eigenvalue weighted by Gasteiger charge is 2.46. The van der Waals surface area contributed by atoms with Crippen LogP contribution in [0.3, 0.4) is 0 Å². The number of halogens is 6. The molecular formula is C12H8F6N2O2. The quantitative estimate of drug-likeness (QED) is 0.616. The van der Waals surface area contributed by atoms with E-state index in [9.17, 15) is 35.9 Å². The van der Waals surface area contributed by atoms with Crippen molar-refractivity contribution in [3.63, 3.8) is 0 Å². The highest BCUT2D eigenvalue weighted by Crippen LogP contribution is 2.38. The van der Waals surface area contributed by atoms with Crippen molar-refractivity contribution in [1.29, 1.82) is 0 Å². The van der Waals surface area contributed by atoms with E-state index in [1.165, 1.54) is 0 Å². The largest absolute Gasteiger partial charge is 0.416 e. The van der Waals surface area contributed by atoms with Gasteiger partial charge in [-0.3, -0.25) is 10.1 Å². The van der Waals surface area contributed by atoms with Crippen LogP contribution in [0.1, 0.15) is 23.6 Å². The lowest BCUT2D eigenvalue weighted by atomic mass is 9.89. The highest BCUT2D eigenvalue weighted by atomic mass is 19.4. The monoisotopic (exact) mass is 326 g/mol. The van der Waals surface area contributed by atoms with Crippen molar-refractivity contribution in [3.05, 3.63) is 34.9 Å². The first kappa shape index (κ1) is 16.1. The second kappa shape index (κ2) is 4.62. The maximum absolute atomic E-state index is 12.8. The Morgan fingerprint density at radius 3 is 1.68 bits per heavy atom. The summed E-state index contributed by atoms with van der Waals surface area (Å²) in [6.45, 7) is 1.02. The summed E-state index contributed by atoms with van der Waals surface area (Å²) in [5.41, 5.74) is -5.75. The van der Waals surface area contributed by atoms with Crippen molar-refractivity contribution in [2.45, 2.75) is 24.8 Å². The normalized spacial score (nSPS) is 22.5. The van der Waals surface area contributed by atoms with Gasteiger partial charge in [0.2, 0.25) is 0 Å². The number of alkyl halides is 6. The predicted octanol–water partition coefficient (Wildman–Crippen LogP) is 2.78. The van der Waals surface area contributed by atoms with Crippen LogP contribution in [0.5, 0.6) is 0 Å². The van der Waals surface area contributed by atoms with E-state index >= 15 is 0 Å². The molecule has 1 aromatic rings. The summed E-state index contributed by atoms with van der Waals surface area (Å²) in [7, 11) is 0. The Labute approximate surface area is 119 Å². The van der Waals surface area contributed by atoms with Gasteiger partial charge in [-0.25, -0.2) is 4.79 Å². The molecule has 1 aliphatic heterocycles. The standard InChI is InChI=1S/C12H8F6N2O2/c1-10(8(21)19-9(22)20-10)5-2-6(11(13,14)15)4-7(3-5)12(16,17)18/h2-4H,1H3,(H2,19,20,21,22). The molecular weight excluding hydrogens is 318 g/mol. The number of nitrogens with one attached hydrogen (secondary N) is 2. The summed E-state index contributed by atoms with van der Waals surface area (Å²) < 4.78 is 76.6. The Morgan fingerprint density at radius 1 is 0.909 bits per heavy atom. The van der Waals surface area contributed by atoms with Gasteiger partial charge in [0.05, 0.1) is 11.1 Å². The third-order valence-electron chi connectivity index (χ3n) is 3.21. The van der Waals surface area contributed by atoms with Gasteiger partial charge in [-0.1, -0.05) is 0 Å². The summed E-state index contributed by atoms with van der Waals surface area (Å²) in [5.74, 6) is -1.04. The van der Waals surface area contributed by atoms with Crippen LogP contribution in [0, 0.1) is 0 Å². The van der Waals surface area contributed by atoms with Crippen LogP contribution >= 0.6 is 0 Å². The number of carbonyl (C=O) groups is 2. The number of carbonyl (C=O) groups excluding carboxylic acids is 2. The Balaban J connectivity index is 2.66. The zero-order valence-electron chi connectivity index (χ0n) is 10.8. The van der Waals surface area contributed by atoms with Crippen molar-refractivity contribution in [3.8, 4) is 0 Å². The van der Waals surface area contributed by atoms with Gasteiger partial charge in [-0.05, 0) is 30.7 Å². The molecule has 0 aromatic heterocycles. The SMILES string of the molecule is CC1(c2cc(C(F)(F)F)cc(C(F)(F)F)c2)NC(=O)NC1=O. The van der Waals surface area contributed by atoms with Crippen molar-refractivity contribution < 1.29 is 35.9 Å².